The Hall–Kier alpha value is -2.29. The summed E-state index contributed by atoms with van der Waals surface area (Å²) in [7, 11) is 0. The number of carbonyl (C=O) groups is 1. The first-order valence-electron chi connectivity index (χ1n) is 10.3. The van der Waals surface area contributed by atoms with Crippen LogP contribution >= 0.6 is 11.6 Å². The lowest BCUT2D eigenvalue weighted by molar-refractivity contribution is -0.137. The summed E-state index contributed by atoms with van der Waals surface area (Å²) in [5.74, 6) is 0.110. The second-order valence-corrected chi connectivity index (χ2v) is 8.61. The summed E-state index contributed by atoms with van der Waals surface area (Å²) in [4.78, 5) is 14.2. The number of ether oxygens (including phenoxy) is 1. The highest BCUT2D eigenvalue weighted by Gasteiger charge is 2.32. The zero-order valence-corrected chi connectivity index (χ0v) is 18.5. The molecule has 9 heteroatoms. The molecule has 2 aromatic carbocycles. The van der Waals surface area contributed by atoms with Crippen LogP contribution in [0, 0.1) is 6.92 Å². The number of rotatable bonds is 6. The van der Waals surface area contributed by atoms with Crippen molar-refractivity contribution in [2.75, 3.05) is 31.6 Å². The van der Waals surface area contributed by atoms with Gasteiger partial charge < -0.3 is 15.2 Å². The molecule has 0 aliphatic carbocycles. The first-order valence-corrected chi connectivity index (χ1v) is 10.7. The second-order valence-electron chi connectivity index (χ2n) is 8.20. The van der Waals surface area contributed by atoms with Crippen LogP contribution in [0.4, 0.5) is 18.9 Å². The van der Waals surface area contributed by atoms with Crippen LogP contribution in [0.5, 0.6) is 5.75 Å². The number of benzene rings is 2. The molecule has 0 bridgehead atoms. The minimum atomic E-state index is -4.47. The van der Waals surface area contributed by atoms with Crippen molar-refractivity contribution >= 4 is 23.2 Å². The maximum Gasteiger partial charge on any atom is 0.416 e. The fraction of sp³-hybridized carbons (Fsp3) is 0.435. The minimum absolute atomic E-state index is 0.0247. The van der Waals surface area contributed by atoms with Crippen LogP contribution in [0.2, 0.25) is 5.02 Å². The van der Waals surface area contributed by atoms with Crippen LogP contribution in [-0.4, -0.2) is 47.8 Å². The molecule has 3 rings (SSSR count). The third-order valence-corrected chi connectivity index (χ3v) is 5.75. The third-order valence-electron chi connectivity index (χ3n) is 5.43. The van der Waals surface area contributed by atoms with Crippen LogP contribution in [0.3, 0.4) is 0 Å². The molecule has 174 valence electrons. The zero-order chi connectivity index (χ0) is 23.4. The third kappa shape index (κ3) is 6.85. The van der Waals surface area contributed by atoms with Crippen molar-refractivity contribution < 1.29 is 27.8 Å². The topological polar surface area (TPSA) is 61.8 Å². The summed E-state index contributed by atoms with van der Waals surface area (Å²) >= 11 is 6.15. The van der Waals surface area contributed by atoms with E-state index in [2.05, 4.69) is 5.32 Å². The van der Waals surface area contributed by atoms with Crippen LogP contribution < -0.4 is 10.1 Å². The fourth-order valence-electron chi connectivity index (χ4n) is 3.65. The van der Waals surface area contributed by atoms with E-state index < -0.39 is 23.2 Å². The van der Waals surface area contributed by atoms with Crippen molar-refractivity contribution in [3.63, 3.8) is 0 Å². The summed E-state index contributed by atoms with van der Waals surface area (Å²) in [5, 5.41) is 14.0. The number of likely N-dealkylation sites (tertiary alicyclic amines) is 1. The fourth-order valence-corrected chi connectivity index (χ4v) is 3.82. The Morgan fingerprint density at radius 3 is 2.75 bits per heavy atom. The molecule has 1 heterocycles. The summed E-state index contributed by atoms with van der Waals surface area (Å²) < 4.78 is 44.3. The van der Waals surface area contributed by atoms with Crippen molar-refractivity contribution in [1.29, 1.82) is 0 Å². The Morgan fingerprint density at radius 1 is 1.22 bits per heavy atom. The van der Waals surface area contributed by atoms with Gasteiger partial charge >= 0.3 is 6.18 Å². The van der Waals surface area contributed by atoms with E-state index in [1.54, 1.807) is 6.07 Å². The molecule has 0 aromatic heterocycles. The molecule has 2 aromatic rings. The van der Waals surface area contributed by atoms with Crippen molar-refractivity contribution in [1.82, 2.24) is 4.90 Å². The summed E-state index contributed by atoms with van der Waals surface area (Å²) in [6.07, 6.45) is -2.92. The Bertz CT molecular complexity index is 954. The minimum Gasteiger partial charge on any atom is -0.489 e. The standard InChI is InChI=1S/C23H26ClF3N2O3/c1-16-6-7-19(24)20(12-16)32-15-22(31)8-3-10-29(11-9-22)14-21(30)28-18-5-2-4-17(13-18)23(25,26)27/h2,4-7,12-13,31H,3,8-11,14-15H2,1H3,(H,28,30). The molecule has 32 heavy (non-hydrogen) atoms. The highest BCUT2D eigenvalue weighted by Crippen LogP contribution is 2.31. The molecule has 1 aliphatic rings. The van der Waals surface area contributed by atoms with Gasteiger partial charge in [-0.15, -0.1) is 0 Å². The van der Waals surface area contributed by atoms with Crippen LogP contribution in [0.1, 0.15) is 30.4 Å². The van der Waals surface area contributed by atoms with Gasteiger partial charge in [0, 0.05) is 12.2 Å². The number of hydrogen-bond acceptors (Lipinski definition) is 4. The van der Waals surface area contributed by atoms with Crippen LogP contribution in [0.25, 0.3) is 0 Å². The van der Waals surface area contributed by atoms with Gasteiger partial charge in [0.05, 0.1) is 22.7 Å². The van der Waals surface area contributed by atoms with Crippen LogP contribution in [-0.2, 0) is 11.0 Å². The molecule has 1 unspecified atom stereocenters. The van der Waals surface area contributed by atoms with Gasteiger partial charge in [-0.25, -0.2) is 0 Å². The molecule has 0 spiro atoms. The number of nitrogens with zero attached hydrogens (tertiary/aromatic N) is 1. The number of amides is 1. The van der Waals surface area contributed by atoms with E-state index in [1.807, 2.05) is 24.0 Å². The number of hydrogen-bond donors (Lipinski definition) is 2. The maximum absolute atomic E-state index is 12.8. The molecule has 0 radical (unpaired) electrons. The van der Waals surface area contributed by atoms with Crippen molar-refractivity contribution in [3.05, 3.63) is 58.6 Å². The van der Waals surface area contributed by atoms with E-state index >= 15 is 0 Å². The zero-order valence-electron chi connectivity index (χ0n) is 17.7. The number of carbonyl (C=O) groups excluding carboxylic acids is 1. The van der Waals surface area contributed by atoms with Gasteiger partial charge in [-0.2, -0.15) is 13.2 Å². The van der Waals surface area contributed by atoms with Gasteiger partial charge in [-0.3, -0.25) is 9.69 Å². The monoisotopic (exact) mass is 470 g/mol. The Kier molecular flexibility index (Phi) is 7.69. The molecule has 1 amide bonds. The molecule has 1 atom stereocenters. The lowest BCUT2D eigenvalue weighted by Gasteiger charge is -2.27. The van der Waals surface area contributed by atoms with E-state index in [1.165, 1.54) is 12.1 Å². The summed E-state index contributed by atoms with van der Waals surface area (Å²) in [6.45, 7) is 3.07. The van der Waals surface area contributed by atoms with E-state index in [0.717, 1.165) is 17.7 Å². The Labute approximate surface area is 190 Å². The van der Waals surface area contributed by atoms with Crippen molar-refractivity contribution in [3.8, 4) is 5.75 Å². The predicted octanol–water partition coefficient (Wildman–Crippen LogP) is 4.90. The number of alkyl halides is 3. The van der Waals surface area contributed by atoms with Gasteiger partial charge in [0.1, 0.15) is 12.4 Å². The normalized spacial score (nSPS) is 19.9. The highest BCUT2D eigenvalue weighted by atomic mass is 35.5. The molecular weight excluding hydrogens is 445 g/mol. The molecular formula is C23H26ClF3N2O3. The molecule has 2 N–H and O–H groups in total. The van der Waals surface area contributed by atoms with Crippen LogP contribution in [0.15, 0.2) is 42.5 Å². The average Bonchev–Trinajstić information content (AvgIpc) is 2.90. The van der Waals surface area contributed by atoms with E-state index in [-0.39, 0.29) is 18.8 Å². The van der Waals surface area contributed by atoms with Crippen molar-refractivity contribution in [2.24, 2.45) is 0 Å². The summed E-state index contributed by atoms with van der Waals surface area (Å²) in [6, 6.07) is 9.97. The lowest BCUT2D eigenvalue weighted by Crippen LogP contribution is -2.38. The number of aliphatic hydroxyl groups is 1. The predicted molar refractivity (Wildman–Crippen MR) is 117 cm³/mol. The smallest absolute Gasteiger partial charge is 0.416 e. The summed E-state index contributed by atoms with van der Waals surface area (Å²) in [5.41, 5.74) is -0.780. The second kappa shape index (κ2) is 10.1. The molecule has 5 nitrogen and oxygen atoms in total. The van der Waals surface area contributed by atoms with E-state index in [0.29, 0.717) is 43.1 Å². The van der Waals surface area contributed by atoms with Gasteiger partial charge in [-0.1, -0.05) is 23.7 Å². The SMILES string of the molecule is Cc1ccc(Cl)c(OCC2(O)CCCN(CC(=O)Nc3cccc(C(F)(F)F)c3)CC2)c1. The largest absolute Gasteiger partial charge is 0.489 e. The molecule has 1 fully saturated rings. The average molecular weight is 471 g/mol. The Morgan fingerprint density at radius 2 is 2.00 bits per heavy atom. The van der Waals surface area contributed by atoms with E-state index in [9.17, 15) is 23.1 Å². The van der Waals surface area contributed by atoms with Gasteiger partial charge in [0.15, 0.2) is 0 Å². The molecule has 1 aliphatic heterocycles. The lowest BCUT2D eigenvalue weighted by atomic mass is 9.96. The first-order chi connectivity index (χ1) is 15.0. The number of nitrogens with one attached hydrogen (secondary N) is 1. The quantitative estimate of drug-likeness (QED) is 0.630. The van der Waals surface area contributed by atoms with E-state index in [4.69, 9.17) is 16.3 Å². The number of halogens is 4. The van der Waals surface area contributed by atoms with Gasteiger partial charge in [0.2, 0.25) is 5.91 Å². The molecule has 0 saturated carbocycles. The Balaban J connectivity index is 1.52. The number of anilines is 1. The molecule has 1 saturated heterocycles. The van der Waals surface area contributed by atoms with Gasteiger partial charge in [0.25, 0.3) is 0 Å². The van der Waals surface area contributed by atoms with Gasteiger partial charge in [-0.05, 0) is 68.6 Å². The maximum atomic E-state index is 12.8. The van der Waals surface area contributed by atoms with Crippen molar-refractivity contribution in [2.45, 2.75) is 38.0 Å². The number of aryl methyl sites for hydroxylation is 1. The first kappa shape index (κ1) is 24.4. The highest BCUT2D eigenvalue weighted by molar-refractivity contribution is 6.32.